The Morgan fingerprint density at radius 1 is 1.00 bits per heavy atom. The predicted octanol–water partition coefficient (Wildman–Crippen LogP) is 4.20. The summed E-state index contributed by atoms with van der Waals surface area (Å²) in [6, 6.07) is 20.7. The van der Waals surface area contributed by atoms with Gasteiger partial charge in [-0.1, -0.05) is 71.8 Å². The summed E-state index contributed by atoms with van der Waals surface area (Å²) in [6.07, 6.45) is 1.28. The second kappa shape index (κ2) is 13.5. The van der Waals surface area contributed by atoms with Crippen molar-refractivity contribution in [3.63, 3.8) is 0 Å². The van der Waals surface area contributed by atoms with E-state index < -0.39 is 28.5 Å². The molecule has 2 amide bonds. The van der Waals surface area contributed by atoms with Gasteiger partial charge in [0.1, 0.15) is 18.3 Å². The molecule has 0 spiro atoms. The third-order valence-corrected chi connectivity index (χ3v) is 7.60. The van der Waals surface area contributed by atoms with Crippen LogP contribution < -0.4 is 14.4 Å². The highest BCUT2D eigenvalue weighted by atomic mass is 35.5. The summed E-state index contributed by atoms with van der Waals surface area (Å²) in [5.74, 6) is -0.470. The number of nitrogens with one attached hydrogen (secondary N) is 1. The zero-order valence-corrected chi connectivity index (χ0v) is 24.1. The van der Waals surface area contributed by atoms with Crippen LogP contribution in [0, 0.1) is 6.92 Å². The number of carbonyl (C=O) groups is 2. The second-order valence-electron chi connectivity index (χ2n) is 9.20. The van der Waals surface area contributed by atoms with E-state index in [1.807, 2.05) is 68.4 Å². The second-order valence-corrected chi connectivity index (χ2v) is 11.5. The lowest BCUT2D eigenvalue weighted by Crippen LogP contribution is -2.53. The van der Waals surface area contributed by atoms with Crippen molar-refractivity contribution in [2.45, 2.75) is 32.9 Å². The SMILES string of the molecule is CCNC(=O)[C@H](Cc1ccccc1)N(Cc1cccc(C)c1)C(=O)CN(c1ccc(OC)c(Cl)c1)S(C)(=O)=O. The molecule has 3 aromatic carbocycles. The van der Waals surface area contributed by atoms with Gasteiger partial charge in [-0.05, 0) is 43.2 Å². The lowest BCUT2D eigenvalue weighted by atomic mass is 10.0. The number of ether oxygens (including phenoxy) is 1. The number of likely N-dealkylation sites (N-methyl/N-ethyl adjacent to an activating group) is 1. The minimum atomic E-state index is -3.89. The van der Waals surface area contributed by atoms with E-state index in [2.05, 4.69) is 5.32 Å². The van der Waals surface area contributed by atoms with Crippen molar-refractivity contribution in [2.75, 3.05) is 30.8 Å². The van der Waals surface area contributed by atoms with Gasteiger partial charge >= 0.3 is 0 Å². The number of hydrogen-bond acceptors (Lipinski definition) is 5. The standard InChI is InChI=1S/C29H34ClN3O5S/c1-5-31-29(35)26(17-22-11-7-6-8-12-22)32(19-23-13-9-10-21(2)16-23)28(34)20-33(39(4,36)37)24-14-15-27(38-3)25(30)18-24/h6-16,18,26H,5,17,19-20H2,1-4H3,(H,31,35)/t26-/m0/s1. The number of amides is 2. The fourth-order valence-corrected chi connectivity index (χ4v) is 5.37. The number of rotatable bonds is 12. The molecule has 10 heteroatoms. The highest BCUT2D eigenvalue weighted by Crippen LogP contribution is 2.30. The number of hydrogen-bond donors (Lipinski definition) is 1. The van der Waals surface area contributed by atoms with Crippen molar-refractivity contribution < 1.29 is 22.7 Å². The van der Waals surface area contributed by atoms with Gasteiger partial charge in [-0.3, -0.25) is 13.9 Å². The number of sulfonamides is 1. The first-order valence-corrected chi connectivity index (χ1v) is 14.7. The summed E-state index contributed by atoms with van der Waals surface area (Å²) < 4.78 is 31.9. The van der Waals surface area contributed by atoms with Gasteiger partial charge in [0, 0.05) is 19.5 Å². The lowest BCUT2D eigenvalue weighted by molar-refractivity contribution is -0.140. The Kier molecular flexibility index (Phi) is 10.4. The number of methoxy groups -OCH3 is 1. The van der Waals surface area contributed by atoms with Crippen LogP contribution >= 0.6 is 11.6 Å². The monoisotopic (exact) mass is 571 g/mol. The minimum absolute atomic E-state index is 0.121. The van der Waals surface area contributed by atoms with Crippen molar-refractivity contribution >= 4 is 39.1 Å². The first-order chi connectivity index (χ1) is 18.5. The van der Waals surface area contributed by atoms with Crippen LogP contribution in [0.25, 0.3) is 0 Å². The maximum atomic E-state index is 14.0. The molecule has 0 saturated heterocycles. The van der Waals surface area contributed by atoms with Crippen LogP contribution in [0.3, 0.4) is 0 Å². The molecule has 3 aromatic rings. The van der Waals surface area contributed by atoms with E-state index in [0.29, 0.717) is 12.3 Å². The first-order valence-electron chi connectivity index (χ1n) is 12.5. The van der Waals surface area contributed by atoms with Crippen LogP contribution in [0.1, 0.15) is 23.6 Å². The molecule has 1 atom stereocenters. The topological polar surface area (TPSA) is 96.0 Å². The van der Waals surface area contributed by atoms with Gasteiger partial charge in [0.25, 0.3) is 0 Å². The number of benzene rings is 3. The number of halogens is 1. The number of anilines is 1. The van der Waals surface area contributed by atoms with E-state index in [4.69, 9.17) is 16.3 Å². The van der Waals surface area contributed by atoms with Crippen molar-refractivity contribution in [2.24, 2.45) is 0 Å². The van der Waals surface area contributed by atoms with E-state index >= 15 is 0 Å². The van der Waals surface area contributed by atoms with Gasteiger partial charge in [0.2, 0.25) is 21.8 Å². The Balaban J connectivity index is 2.05. The smallest absolute Gasteiger partial charge is 0.244 e. The van der Waals surface area contributed by atoms with E-state index in [1.165, 1.54) is 30.2 Å². The lowest BCUT2D eigenvalue weighted by Gasteiger charge is -2.33. The van der Waals surface area contributed by atoms with Crippen LogP contribution in [0.15, 0.2) is 72.8 Å². The van der Waals surface area contributed by atoms with Crippen molar-refractivity contribution in [3.05, 3.63) is 94.5 Å². The number of aryl methyl sites for hydroxylation is 1. The van der Waals surface area contributed by atoms with Crippen molar-refractivity contribution in [1.29, 1.82) is 0 Å². The van der Waals surface area contributed by atoms with Gasteiger partial charge in [0.15, 0.2) is 0 Å². The molecular formula is C29H34ClN3O5S. The molecule has 0 saturated carbocycles. The molecule has 0 bridgehead atoms. The molecule has 0 unspecified atom stereocenters. The largest absolute Gasteiger partial charge is 0.495 e. The molecule has 0 heterocycles. The third-order valence-electron chi connectivity index (χ3n) is 6.16. The maximum Gasteiger partial charge on any atom is 0.244 e. The molecule has 0 aliphatic heterocycles. The highest BCUT2D eigenvalue weighted by Gasteiger charge is 2.33. The minimum Gasteiger partial charge on any atom is -0.495 e. The Labute approximate surface area is 235 Å². The highest BCUT2D eigenvalue weighted by molar-refractivity contribution is 7.92. The number of carbonyl (C=O) groups excluding carboxylic acids is 2. The summed E-state index contributed by atoms with van der Waals surface area (Å²) in [6.45, 7) is 3.74. The predicted molar refractivity (Wildman–Crippen MR) is 155 cm³/mol. The van der Waals surface area contributed by atoms with Gasteiger partial charge in [-0.15, -0.1) is 0 Å². The molecule has 1 N–H and O–H groups in total. The van der Waals surface area contributed by atoms with Crippen LogP contribution in [0.2, 0.25) is 5.02 Å². The number of nitrogens with zero attached hydrogens (tertiary/aromatic N) is 2. The molecule has 0 fully saturated rings. The van der Waals surface area contributed by atoms with Crippen LogP contribution in [-0.4, -0.2) is 57.6 Å². The van der Waals surface area contributed by atoms with E-state index in [9.17, 15) is 18.0 Å². The van der Waals surface area contributed by atoms with Crippen LogP contribution in [-0.2, 0) is 32.6 Å². The van der Waals surface area contributed by atoms with E-state index in [-0.39, 0.29) is 29.6 Å². The summed E-state index contributed by atoms with van der Waals surface area (Å²) in [7, 11) is -2.44. The fourth-order valence-electron chi connectivity index (χ4n) is 4.28. The molecular weight excluding hydrogens is 538 g/mol. The van der Waals surface area contributed by atoms with Crippen LogP contribution in [0.5, 0.6) is 5.75 Å². The Morgan fingerprint density at radius 3 is 2.28 bits per heavy atom. The quantitative estimate of drug-likeness (QED) is 0.351. The summed E-state index contributed by atoms with van der Waals surface area (Å²) in [5.41, 5.74) is 2.91. The van der Waals surface area contributed by atoms with Crippen molar-refractivity contribution in [1.82, 2.24) is 10.2 Å². The molecule has 0 aliphatic rings. The average molecular weight is 572 g/mol. The van der Waals surface area contributed by atoms with Crippen molar-refractivity contribution in [3.8, 4) is 5.75 Å². The Morgan fingerprint density at radius 2 is 1.69 bits per heavy atom. The van der Waals surface area contributed by atoms with E-state index in [0.717, 1.165) is 27.3 Å². The van der Waals surface area contributed by atoms with Gasteiger partial charge in [0.05, 0.1) is 24.1 Å². The fraction of sp³-hybridized carbons (Fsp3) is 0.310. The summed E-state index contributed by atoms with van der Waals surface area (Å²) in [5, 5.41) is 3.04. The molecule has 208 valence electrons. The first kappa shape index (κ1) is 30.0. The molecule has 39 heavy (non-hydrogen) atoms. The Hall–Kier alpha value is -3.56. The Bertz CT molecular complexity index is 1400. The summed E-state index contributed by atoms with van der Waals surface area (Å²) >= 11 is 6.27. The van der Waals surface area contributed by atoms with Gasteiger partial charge < -0.3 is 15.0 Å². The molecule has 3 rings (SSSR count). The molecule has 0 radical (unpaired) electrons. The van der Waals surface area contributed by atoms with Crippen LogP contribution in [0.4, 0.5) is 5.69 Å². The maximum absolute atomic E-state index is 14.0. The summed E-state index contributed by atoms with van der Waals surface area (Å²) in [4.78, 5) is 28.8. The zero-order chi connectivity index (χ0) is 28.6. The normalized spacial score (nSPS) is 11.9. The van der Waals surface area contributed by atoms with Gasteiger partial charge in [-0.2, -0.15) is 0 Å². The average Bonchev–Trinajstić information content (AvgIpc) is 2.89. The van der Waals surface area contributed by atoms with E-state index in [1.54, 1.807) is 0 Å². The third kappa shape index (κ3) is 8.21. The zero-order valence-electron chi connectivity index (χ0n) is 22.6. The molecule has 0 aliphatic carbocycles. The molecule has 8 nitrogen and oxygen atoms in total. The molecule has 0 aromatic heterocycles. The van der Waals surface area contributed by atoms with Gasteiger partial charge in [-0.25, -0.2) is 8.42 Å².